The number of carboxylic acids is 1. The van der Waals surface area contributed by atoms with Crippen LogP contribution < -0.4 is 5.11 Å². The minimum atomic E-state index is -3.59. The van der Waals surface area contributed by atoms with E-state index in [1.165, 1.54) is 0 Å². The van der Waals surface area contributed by atoms with Crippen LogP contribution in [0.1, 0.15) is 17.0 Å². The normalized spacial score (nSPS) is 24.1. The van der Waals surface area contributed by atoms with E-state index in [0.29, 0.717) is 12.0 Å². The van der Waals surface area contributed by atoms with Crippen molar-refractivity contribution in [1.82, 2.24) is 0 Å². The van der Waals surface area contributed by atoms with Crippen molar-refractivity contribution in [2.24, 2.45) is 0 Å². The fourth-order valence-corrected chi connectivity index (χ4v) is 3.87. The maximum Gasteiger partial charge on any atom is 0.187 e. The van der Waals surface area contributed by atoms with E-state index >= 15 is 0 Å². The van der Waals surface area contributed by atoms with Crippen LogP contribution in [0.4, 0.5) is 0 Å². The second-order valence-electron chi connectivity index (χ2n) is 3.86. The second-order valence-corrected chi connectivity index (χ2v) is 7.31. The molecule has 0 unspecified atom stereocenters. The van der Waals surface area contributed by atoms with Crippen LogP contribution in [0.15, 0.2) is 24.3 Å². The van der Waals surface area contributed by atoms with Crippen molar-refractivity contribution in [3.8, 4) is 0 Å². The third kappa shape index (κ3) is 1.92. The summed E-state index contributed by atoms with van der Waals surface area (Å²) in [7, 11) is 0. The molecule has 4 nitrogen and oxygen atoms in total. The van der Waals surface area contributed by atoms with E-state index in [0.717, 1.165) is 5.56 Å². The predicted octanol–water partition coefficient (Wildman–Crippen LogP) is -0.261. The minimum absolute atomic E-state index is 0.291. The molecule has 2 N–H and O–H groups in total. The Morgan fingerprint density at radius 3 is 2.62 bits per heavy atom. The summed E-state index contributed by atoms with van der Waals surface area (Å²) >= 11 is 4.62. The highest BCUT2D eigenvalue weighted by molar-refractivity contribution is 8.09. The van der Waals surface area contributed by atoms with E-state index in [-0.39, 0.29) is 0 Å². The molecule has 0 bridgehead atoms. The smallest absolute Gasteiger partial charge is 0.187 e. The van der Waals surface area contributed by atoms with Gasteiger partial charge in [0, 0.05) is 11.9 Å². The Labute approximate surface area is 97.7 Å². The zero-order valence-corrected chi connectivity index (χ0v) is 9.95. The van der Waals surface area contributed by atoms with Crippen LogP contribution in [-0.4, -0.2) is 21.4 Å². The Morgan fingerprint density at radius 1 is 1.44 bits per heavy atom. The molecule has 0 saturated carbocycles. The summed E-state index contributed by atoms with van der Waals surface area (Å²) in [4.78, 5) is 30.1. The van der Waals surface area contributed by atoms with Crippen LogP contribution in [-0.2, 0) is 23.0 Å². The molecule has 1 aliphatic carbocycles. The summed E-state index contributed by atoms with van der Waals surface area (Å²) in [6.45, 7) is -3.59. The van der Waals surface area contributed by atoms with Gasteiger partial charge >= 0.3 is 0 Å². The molecule has 1 aromatic rings. The first-order valence-electron chi connectivity index (χ1n) is 4.75. The number of carbonyl (C=O) groups is 1. The van der Waals surface area contributed by atoms with Crippen LogP contribution in [0.2, 0.25) is 0 Å². The largest absolute Gasteiger partial charge is 0.549 e. The zero-order chi connectivity index (χ0) is 11.9. The number of rotatable bonds is 2. The van der Waals surface area contributed by atoms with Gasteiger partial charge < -0.3 is 19.7 Å². The average Bonchev–Trinajstić information content (AvgIpc) is 2.55. The van der Waals surface area contributed by atoms with Crippen molar-refractivity contribution >= 4 is 24.3 Å². The van der Waals surface area contributed by atoms with Gasteiger partial charge in [-0.1, -0.05) is 24.3 Å². The fraction of sp³-hybridized carbons (Fsp3) is 0.300. The van der Waals surface area contributed by atoms with Gasteiger partial charge in [0.1, 0.15) is 0 Å². The van der Waals surface area contributed by atoms with Gasteiger partial charge in [-0.3, -0.25) is 0 Å². The Hall–Kier alpha value is -0.740. The number of benzene rings is 1. The van der Waals surface area contributed by atoms with Crippen LogP contribution in [0.3, 0.4) is 0 Å². The van der Waals surface area contributed by atoms with E-state index in [4.69, 9.17) is 0 Å². The number of fused-ring (bicyclic) bond motifs is 1. The van der Waals surface area contributed by atoms with Crippen molar-refractivity contribution in [3.63, 3.8) is 0 Å². The highest BCUT2D eigenvalue weighted by Crippen LogP contribution is 2.53. The van der Waals surface area contributed by atoms with E-state index in [1.807, 2.05) is 0 Å². The molecule has 0 aromatic heterocycles. The first-order chi connectivity index (χ1) is 7.41. The van der Waals surface area contributed by atoms with Crippen LogP contribution in [0.25, 0.3) is 0 Å². The maximum absolute atomic E-state index is 11.1. The van der Waals surface area contributed by atoms with Crippen LogP contribution in [0, 0.1) is 0 Å². The fourth-order valence-electron chi connectivity index (χ4n) is 2.17. The number of hydrogen-bond donors (Lipinski definition) is 2. The number of aliphatic carboxylic acids is 1. The molecule has 0 heterocycles. The van der Waals surface area contributed by atoms with Gasteiger partial charge in [-0.25, -0.2) is 0 Å². The molecular formula is C10H10O4PS-. The monoisotopic (exact) mass is 257 g/mol. The molecule has 1 aromatic carbocycles. The van der Waals surface area contributed by atoms with Crippen molar-refractivity contribution in [2.75, 3.05) is 0 Å². The topological polar surface area (TPSA) is 80.6 Å². The summed E-state index contributed by atoms with van der Waals surface area (Å²) in [5.74, 6) is -2.30. The first-order valence-corrected chi connectivity index (χ1v) is 7.53. The Balaban J connectivity index is 2.50. The number of carbonyl (C=O) groups excluding carboxylic acids is 1. The van der Waals surface area contributed by atoms with Crippen molar-refractivity contribution in [1.29, 1.82) is 0 Å². The lowest BCUT2D eigenvalue weighted by Crippen LogP contribution is -2.34. The molecule has 0 fully saturated rings. The molecule has 6 heteroatoms. The maximum atomic E-state index is 11.1. The summed E-state index contributed by atoms with van der Waals surface area (Å²) in [6, 6.07) is 6.94. The Morgan fingerprint density at radius 2 is 2.06 bits per heavy atom. The lowest BCUT2D eigenvalue weighted by Gasteiger charge is -2.24. The van der Waals surface area contributed by atoms with Gasteiger partial charge in [-0.15, -0.1) is 0 Å². The summed E-state index contributed by atoms with van der Waals surface area (Å²) < 4.78 is 0. The first kappa shape index (κ1) is 11.7. The summed E-state index contributed by atoms with van der Waals surface area (Å²) in [5, 5.41) is 11.1. The van der Waals surface area contributed by atoms with Gasteiger partial charge in [0.2, 0.25) is 0 Å². The van der Waals surface area contributed by atoms with Gasteiger partial charge in [-0.2, -0.15) is 0 Å². The van der Waals surface area contributed by atoms with Crippen molar-refractivity contribution in [2.45, 2.75) is 18.0 Å². The van der Waals surface area contributed by atoms with E-state index < -0.39 is 24.0 Å². The number of carboxylic acid groups (broad SMARTS) is 1. The third-order valence-corrected chi connectivity index (χ3v) is 5.05. The highest BCUT2D eigenvalue weighted by Gasteiger charge is 2.40. The van der Waals surface area contributed by atoms with Crippen molar-refractivity contribution in [3.05, 3.63) is 35.4 Å². The molecule has 1 aliphatic rings. The molecule has 0 spiro atoms. The Kier molecular flexibility index (Phi) is 2.88. The number of hydrogen-bond acceptors (Lipinski definition) is 3. The zero-order valence-electron chi connectivity index (χ0n) is 8.24. The van der Waals surface area contributed by atoms with Gasteiger partial charge in [0.05, 0.1) is 5.66 Å². The minimum Gasteiger partial charge on any atom is -0.549 e. The predicted molar refractivity (Wildman–Crippen MR) is 60.4 cm³/mol. The van der Waals surface area contributed by atoms with Gasteiger partial charge in [0.25, 0.3) is 0 Å². The van der Waals surface area contributed by atoms with Gasteiger partial charge in [-0.05, 0) is 29.4 Å². The molecule has 86 valence electrons. The molecular weight excluding hydrogens is 247 g/mol. The lowest BCUT2D eigenvalue weighted by molar-refractivity contribution is -0.307. The van der Waals surface area contributed by atoms with Crippen LogP contribution in [0.5, 0.6) is 0 Å². The average molecular weight is 257 g/mol. The van der Waals surface area contributed by atoms with Crippen molar-refractivity contribution < 1.29 is 19.7 Å². The van der Waals surface area contributed by atoms with Gasteiger partial charge in [0.15, 0.2) is 6.49 Å². The quantitative estimate of drug-likeness (QED) is 0.713. The lowest BCUT2D eigenvalue weighted by atomic mass is 10.0. The van der Waals surface area contributed by atoms with E-state index in [1.54, 1.807) is 24.3 Å². The molecule has 0 radical (unpaired) electrons. The SMILES string of the molecule is O=C([O-])[C@H]1c2ccccc2C[C@H]1P(O)(O)=S. The van der Waals surface area contributed by atoms with Crippen LogP contribution >= 0.6 is 6.49 Å². The second kappa shape index (κ2) is 3.93. The molecule has 2 rings (SSSR count). The summed E-state index contributed by atoms with van der Waals surface area (Å²) in [5.41, 5.74) is 0.564. The molecule has 0 saturated heterocycles. The molecule has 0 aliphatic heterocycles. The van der Waals surface area contributed by atoms with E-state index in [9.17, 15) is 19.7 Å². The molecule has 0 amide bonds. The third-order valence-electron chi connectivity index (χ3n) is 2.89. The van der Waals surface area contributed by atoms with E-state index in [2.05, 4.69) is 11.8 Å². The summed E-state index contributed by atoms with van der Waals surface area (Å²) in [6.07, 6.45) is 0.291. The molecule has 2 atom stereocenters. The highest BCUT2D eigenvalue weighted by atomic mass is 32.5. The standard InChI is InChI=1S/C10H11O4PS/c11-10(12)9-7-4-2-1-3-6(7)5-8(9)15(13,14)16/h1-4,8-9H,5H2,(H,11,12)(H2,13,14,16)/p-1/t8-,9+/m1/s1. The Bertz CT molecular complexity index is 481. The molecule has 16 heavy (non-hydrogen) atoms.